The first-order valence-electron chi connectivity index (χ1n) is 4.45. The van der Waals surface area contributed by atoms with Crippen LogP contribution in [-0.2, 0) is 20.9 Å². The topological polar surface area (TPSA) is 73.2 Å². The molecule has 0 bridgehead atoms. The molecule has 0 fully saturated rings. The van der Waals surface area contributed by atoms with E-state index in [1.807, 2.05) is 6.92 Å². The van der Waals surface area contributed by atoms with Gasteiger partial charge in [-0.3, -0.25) is 14.3 Å². The highest BCUT2D eigenvalue weighted by atomic mass is 16.5. The molecule has 0 aromatic carbocycles. The van der Waals surface area contributed by atoms with E-state index in [1.165, 1.54) is 7.11 Å². The average Bonchev–Trinajstić information content (AvgIpc) is 2.61. The number of carbonyl (C=O) groups is 2. The molecule has 0 atom stereocenters. The van der Waals surface area contributed by atoms with E-state index < -0.39 is 5.97 Å². The third-order valence-electron chi connectivity index (χ3n) is 1.88. The van der Waals surface area contributed by atoms with Crippen molar-refractivity contribution in [2.75, 3.05) is 13.7 Å². The fraction of sp³-hybridized carbons (Fsp3) is 0.444. The molecule has 6 nitrogen and oxygen atoms in total. The molecular formula is C9H13N3O3. The van der Waals surface area contributed by atoms with Gasteiger partial charge in [0.2, 0.25) is 5.91 Å². The van der Waals surface area contributed by atoms with Gasteiger partial charge in [0.25, 0.3) is 0 Å². The molecule has 82 valence electrons. The lowest BCUT2D eigenvalue weighted by molar-refractivity contribution is -0.141. The summed E-state index contributed by atoms with van der Waals surface area (Å²) in [6, 6.07) is 1.80. The molecule has 6 heteroatoms. The summed E-state index contributed by atoms with van der Waals surface area (Å²) >= 11 is 0. The second-order valence-electron chi connectivity index (χ2n) is 2.98. The van der Waals surface area contributed by atoms with Gasteiger partial charge in [0.15, 0.2) is 0 Å². The SMILES string of the molecule is COC(=O)CNC(=O)Cn1nccc1C. The zero-order chi connectivity index (χ0) is 11.3. The molecule has 1 aromatic rings. The highest BCUT2D eigenvalue weighted by Crippen LogP contribution is 1.94. The van der Waals surface area contributed by atoms with E-state index in [2.05, 4.69) is 15.2 Å². The third kappa shape index (κ3) is 3.41. The van der Waals surface area contributed by atoms with E-state index in [4.69, 9.17) is 0 Å². The lowest BCUT2D eigenvalue weighted by Gasteiger charge is -2.05. The standard InChI is InChI=1S/C9H13N3O3/c1-7-3-4-11-12(7)6-8(13)10-5-9(14)15-2/h3-4H,5-6H2,1-2H3,(H,10,13). The summed E-state index contributed by atoms with van der Waals surface area (Å²) in [5.74, 6) is -0.743. The number of hydrogen-bond donors (Lipinski definition) is 1. The van der Waals surface area contributed by atoms with Crippen LogP contribution in [0.1, 0.15) is 5.69 Å². The van der Waals surface area contributed by atoms with Crippen molar-refractivity contribution in [2.24, 2.45) is 0 Å². The first-order valence-corrected chi connectivity index (χ1v) is 4.45. The van der Waals surface area contributed by atoms with Crippen LogP contribution < -0.4 is 5.32 Å². The van der Waals surface area contributed by atoms with Gasteiger partial charge < -0.3 is 10.1 Å². The normalized spacial score (nSPS) is 9.73. The largest absolute Gasteiger partial charge is 0.468 e. The van der Waals surface area contributed by atoms with E-state index in [0.29, 0.717) is 0 Å². The number of esters is 1. The van der Waals surface area contributed by atoms with Crippen molar-refractivity contribution < 1.29 is 14.3 Å². The zero-order valence-electron chi connectivity index (χ0n) is 8.69. The number of carbonyl (C=O) groups excluding carboxylic acids is 2. The average molecular weight is 211 g/mol. The highest BCUT2D eigenvalue weighted by Gasteiger charge is 2.07. The third-order valence-corrected chi connectivity index (χ3v) is 1.88. The number of nitrogens with zero attached hydrogens (tertiary/aromatic N) is 2. The van der Waals surface area contributed by atoms with Crippen LogP contribution in [0.25, 0.3) is 0 Å². The minimum absolute atomic E-state index is 0.107. The smallest absolute Gasteiger partial charge is 0.325 e. The number of aryl methyl sites for hydroxylation is 1. The van der Waals surface area contributed by atoms with E-state index >= 15 is 0 Å². The fourth-order valence-corrected chi connectivity index (χ4v) is 0.999. The molecule has 0 radical (unpaired) electrons. The molecule has 0 aliphatic carbocycles. The van der Waals surface area contributed by atoms with Gasteiger partial charge in [0, 0.05) is 11.9 Å². The Hall–Kier alpha value is -1.85. The van der Waals surface area contributed by atoms with Gasteiger partial charge >= 0.3 is 5.97 Å². The molecule has 1 amide bonds. The zero-order valence-corrected chi connectivity index (χ0v) is 8.69. The van der Waals surface area contributed by atoms with Crippen LogP contribution >= 0.6 is 0 Å². The quantitative estimate of drug-likeness (QED) is 0.680. The Morgan fingerprint density at radius 1 is 1.60 bits per heavy atom. The van der Waals surface area contributed by atoms with E-state index in [9.17, 15) is 9.59 Å². The van der Waals surface area contributed by atoms with E-state index in [0.717, 1.165) is 5.69 Å². The Kier molecular flexibility index (Phi) is 3.84. The summed E-state index contributed by atoms with van der Waals surface area (Å²) < 4.78 is 5.93. The molecule has 1 N–H and O–H groups in total. The number of rotatable bonds is 4. The number of ether oxygens (including phenoxy) is 1. The molecule has 1 rings (SSSR count). The highest BCUT2D eigenvalue weighted by molar-refractivity contribution is 5.81. The second kappa shape index (κ2) is 5.14. The minimum Gasteiger partial charge on any atom is -0.468 e. The maximum Gasteiger partial charge on any atom is 0.325 e. The summed E-state index contributed by atoms with van der Waals surface area (Å²) in [5.41, 5.74) is 0.892. The van der Waals surface area contributed by atoms with Crippen molar-refractivity contribution in [1.82, 2.24) is 15.1 Å². The van der Waals surface area contributed by atoms with Crippen LogP contribution in [0.2, 0.25) is 0 Å². The molecular weight excluding hydrogens is 198 g/mol. The summed E-state index contributed by atoms with van der Waals surface area (Å²) in [5, 5.41) is 6.37. The Balaban J connectivity index is 2.37. The minimum atomic E-state index is -0.472. The van der Waals surface area contributed by atoms with Crippen LogP contribution in [0, 0.1) is 6.92 Å². The van der Waals surface area contributed by atoms with Gasteiger partial charge in [-0.25, -0.2) is 0 Å². The van der Waals surface area contributed by atoms with Gasteiger partial charge in [0.1, 0.15) is 13.1 Å². The van der Waals surface area contributed by atoms with Gasteiger partial charge in [-0.15, -0.1) is 0 Å². The maximum absolute atomic E-state index is 11.3. The van der Waals surface area contributed by atoms with Gasteiger partial charge in [-0.05, 0) is 13.0 Å². The van der Waals surface area contributed by atoms with Gasteiger partial charge in [-0.1, -0.05) is 0 Å². The van der Waals surface area contributed by atoms with Crippen molar-refractivity contribution in [3.8, 4) is 0 Å². The Morgan fingerprint density at radius 3 is 2.87 bits per heavy atom. The monoisotopic (exact) mass is 211 g/mol. The molecule has 0 saturated carbocycles. The lowest BCUT2D eigenvalue weighted by Crippen LogP contribution is -2.33. The number of nitrogens with one attached hydrogen (secondary N) is 1. The molecule has 0 aliphatic rings. The van der Waals surface area contributed by atoms with Crippen molar-refractivity contribution >= 4 is 11.9 Å². The van der Waals surface area contributed by atoms with Gasteiger partial charge in [-0.2, -0.15) is 5.10 Å². The summed E-state index contributed by atoms with van der Waals surface area (Å²) in [6.07, 6.45) is 1.61. The predicted molar refractivity (Wildman–Crippen MR) is 52.0 cm³/mol. The second-order valence-corrected chi connectivity index (χ2v) is 2.98. The van der Waals surface area contributed by atoms with Crippen LogP contribution in [0.3, 0.4) is 0 Å². The Labute approximate surface area is 87.2 Å². The maximum atomic E-state index is 11.3. The molecule has 0 aliphatic heterocycles. The summed E-state index contributed by atoms with van der Waals surface area (Å²) in [4.78, 5) is 22.0. The van der Waals surface area contributed by atoms with Crippen molar-refractivity contribution in [2.45, 2.75) is 13.5 Å². The Morgan fingerprint density at radius 2 is 2.33 bits per heavy atom. The predicted octanol–water partition coefficient (Wildman–Crippen LogP) is -0.519. The lowest BCUT2D eigenvalue weighted by atomic mass is 10.4. The molecule has 0 spiro atoms. The Bertz CT molecular complexity index is 359. The van der Waals surface area contributed by atoms with E-state index in [1.54, 1.807) is 16.9 Å². The molecule has 0 unspecified atom stereocenters. The van der Waals surface area contributed by atoms with Crippen molar-refractivity contribution in [3.05, 3.63) is 18.0 Å². The van der Waals surface area contributed by atoms with Crippen LogP contribution in [0.4, 0.5) is 0 Å². The number of hydrogen-bond acceptors (Lipinski definition) is 4. The molecule has 1 heterocycles. The molecule has 1 aromatic heterocycles. The van der Waals surface area contributed by atoms with Crippen molar-refractivity contribution in [1.29, 1.82) is 0 Å². The van der Waals surface area contributed by atoms with Gasteiger partial charge in [0.05, 0.1) is 7.11 Å². The summed E-state index contributed by atoms with van der Waals surface area (Å²) in [6.45, 7) is 1.84. The molecule has 15 heavy (non-hydrogen) atoms. The number of amides is 1. The van der Waals surface area contributed by atoms with Crippen LogP contribution in [-0.4, -0.2) is 35.3 Å². The number of methoxy groups -OCH3 is 1. The molecule has 0 saturated heterocycles. The van der Waals surface area contributed by atoms with Crippen LogP contribution in [0.15, 0.2) is 12.3 Å². The fourth-order valence-electron chi connectivity index (χ4n) is 0.999. The summed E-state index contributed by atoms with van der Waals surface area (Å²) in [7, 11) is 1.27. The van der Waals surface area contributed by atoms with E-state index in [-0.39, 0.29) is 19.0 Å². The first-order chi connectivity index (χ1) is 7.13. The number of aromatic nitrogens is 2. The van der Waals surface area contributed by atoms with Crippen LogP contribution in [0.5, 0.6) is 0 Å². The van der Waals surface area contributed by atoms with Crippen molar-refractivity contribution in [3.63, 3.8) is 0 Å². The first kappa shape index (κ1) is 11.2.